The molecule has 0 radical (unpaired) electrons. The lowest BCUT2D eigenvalue weighted by Gasteiger charge is -2.40. The van der Waals surface area contributed by atoms with Gasteiger partial charge in [0.15, 0.2) is 6.29 Å². The Kier molecular flexibility index (Phi) is 17.1. The summed E-state index contributed by atoms with van der Waals surface area (Å²) in [5.41, 5.74) is 4.56. The molecule has 3 aliphatic rings. The van der Waals surface area contributed by atoms with Crippen molar-refractivity contribution in [2.75, 3.05) is 26.4 Å². The largest absolute Gasteiger partial charge is 0.493 e. The van der Waals surface area contributed by atoms with Gasteiger partial charge in [0.25, 0.3) is 0 Å². The van der Waals surface area contributed by atoms with E-state index in [-0.39, 0.29) is 45.8 Å². The van der Waals surface area contributed by atoms with Crippen molar-refractivity contribution in [3.05, 3.63) is 222 Å². The first-order valence-electron chi connectivity index (χ1n) is 29.3. The smallest absolute Gasteiger partial charge is 0.343 e. The highest BCUT2D eigenvalue weighted by Gasteiger charge is 2.44. The fourth-order valence-corrected chi connectivity index (χ4v) is 11.0. The van der Waals surface area contributed by atoms with Gasteiger partial charge in [-0.2, -0.15) is 0 Å². The van der Waals surface area contributed by atoms with Crippen LogP contribution >= 0.6 is 0 Å². The average molecular weight is 1150 g/mol. The van der Waals surface area contributed by atoms with Gasteiger partial charge in [0.05, 0.1) is 60.7 Å². The minimum atomic E-state index is -0.666. The molecular weight excluding hydrogens is 1080 g/mol. The van der Waals surface area contributed by atoms with E-state index in [1.54, 1.807) is 42.5 Å². The van der Waals surface area contributed by atoms with Gasteiger partial charge in [0.2, 0.25) is 0 Å². The highest BCUT2D eigenvalue weighted by molar-refractivity contribution is 6.11. The fourth-order valence-electron chi connectivity index (χ4n) is 11.0. The third kappa shape index (κ3) is 13.4. The molecule has 9 aromatic carbocycles. The lowest BCUT2D eigenvalue weighted by Crippen LogP contribution is -2.46. The molecule has 2 aliphatic heterocycles. The SMILES string of the molecule is CCCC(OCC1CCC2OC2C1)Oc1ccc(-c2ccc(C(=O)Oc3ccc(C(=O)Oc4ccc5ccccc5c4-c4c(OC(=O)c5ccc(OC(=O)/C=C/c6ccc(OCC7(CC)COC7)cc6)cc5)ccc5ccccc45)cc3)cc2)cc1. The number of ether oxygens (including phenoxy) is 9. The second-order valence-corrected chi connectivity index (χ2v) is 22.2. The van der Waals surface area contributed by atoms with Gasteiger partial charge in [-0.3, -0.25) is 0 Å². The number of carbonyl (C=O) groups is 4. The number of esters is 4. The zero-order chi connectivity index (χ0) is 59.0. The van der Waals surface area contributed by atoms with Crippen LogP contribution in [0, 0.1) is 11.3 Å². The zero-order valence-corrected chi connectivity index (χ0v) is 47.8. The van der Waals surface area contributed by atoms with Gasteiger partial charge in [-0.05, 0) is 173 Å². The fraction of sp³-hybridized carbons (Fsp3) is 0.233. The maximum atomic E-state index is 14.1. The lowest BCUT2D eigenvalue weighted by atomic mass is 9.84. The Morgan fingerprint density at radius 2 is 1.07 bits per heavy atom. The van der Waals surface area contributed by atoms with Crippen LogP contribution in [-0.4, -0.2) is 68.8 Å². The second kappa shape index (κ2) is 25.8. The minimum absolute atomic E-state index is 0.0680. The highest BCUT2D eigenvalue weighted by Crippen LogP contribution is 2.46. The molecule has 13 heteroatoms. The third-order valence-electron chi connectivity index (χ3n) is 16.2. The molecule has 86 heavy (non-hydrogen) atoms. The molecule has 0 amide bonds. The molecule has 1 saturated carbocycles. The molecule has 4 atom stereocenters. The number of hydrogen-bond donors (Lipinski definition) is 0. The van der Waals surface area contributed by atoms with Crippen molar-refractivity contribution >= 4 is 51.5 Å². The molecule has 1 aliphatic carbocycles. The van der Waals surface area contributed by atoms with Crippen LogP contribution in [0.15, 0.2) is 200 Å². The van der Waals surface area contributed by atoms with Gasteiger partial charge in [0.1, 0.15) is 34.5 Å². The van der Waals surface area contributed by atoms with Gasteiger partial charge in [0, 0.05) is 23.6 Å². The molecule has 4 unspecified atom stereocenters. The molecular formula is C73H64O13. The first kappa shape index (κ1) is 57.1. The number of carbonyl (C=O) groups excluding carboxylic acids is 4. The van der Waals surface area contributed by atoms with Crippen molar-refractivity contribution in [2.24, 2.45) is 11.3 Å². The quantitative estimate of drug-likeness (QED) is 0.0208. The topological polar surface area (TPSA) is 155 Å². The lowest BCUT2D eigenvalue weighted by molar-refractivity contribution is -0.133. The number of hydrogen-bond acceptors (Lipinski definition) is 13. The minimum Gasteiger partial charge on any atom is -0.493 e. The van der Waals surface area contributed by atoms with Crippen LogP contribution in [0.5, 0.6) is 34.5 Å². The van der Waals surface area contributed by atoms with E-state index < -0.39 is 23.9 Å². The maximum Gasteiger partial charge on any atom is 0.343 e. The van der Waals surface area contributed by atoms with Crippen LogP contribution in [0.4, 0.5) is 0 Å². The van der Waals surface area contributed by atoms with E-state index >= 15 is 0 Å². The Labute approximate surface area is 498 Å². The van der Waals surface area contributed by atoms with Gasteiger partial charge in [-0.25, -0.2) is 19.2 Å². The standard InChI is InChI=1S/C73H64O13/c1-3-9-67(79-43-48-16-38-62-65(42-48)84-62)82-58-32-22-50(23-33-58)49-18-20-53(21-19-49)70(75)83-59-36-26-55(27-37-59)72(77)86-64-40-29-52-11-6-8-13-61(52)69(64)68-60-12-7-5-10-51(60)28-39-63(68)85-71(76)54-24-34-57(35-25-54)81-66(74)41-17-47-14-30-56(31-15-47)80-46-73(4-2)44-78-45-73/h5-8,10-15,17-37,39-41,48,62,65,67H,3-4,9,16,38,42-46H2,1-2H3/b41-17+. The van der Waals surface area contributed by atoms with E-state index in [9.17, 15) is 19.2 Å². The molecule has 13 nitrogen and oxygen atoms in total. The molecule has 12 rings (SSSR count). The predicted octanol–water partition coefficient (Wildman–Crippen LogP) is 15.5. The summed E-state index contributed by atoms with van der Waals surface area (Å²) in [4.78, 5) is 54.4. The monoisotopic (exact) mass is 1150 g/mol. The first-order valence-corrected chi connectivity index (χ1v) is 29.3. The summed E-state index contributed by atoms with van der Waals surface area (Å²) < 4.78 is 53.4. The zero-order valence-electron chi connectivity index (χ0n) is 47.8. The van der Waals surface area contributed by atoms with E-state index in [0.717, 1.165) is 88.3 Å². The van der Waals surface area contributed by atoms with E-state index in [1.807, 2.05) is 121 Å². The Bertz CT molecular complexity index is 3920. The Hall–Kier alpha value is -9.40. The van der Waals surface area contributed by atoms with Gasteiger partial charge in [-0.15, -0.1) is 0 Å². The van der Waals surface area contributed by atoms with E-state index in [0.29, 0.717) is 61.2 Å². The van der Waals surface area contributed by atoms with Crippen molar-refractivity contribution in [1.82, 2.24) is 0 Å². The second-order valence-electron chi connectivity index (χ2n) is 22.2. The third-order valence-corrected chi connectivity index (χ3v) is 16.2. The molecule has 9 aromatic rings. The molecule has 3 fully saturated rings. The maximum absolute atomic E-state index is 14.1. The Morgan fingerprint density at radius 3 is 1.62 bits per heavy atom. The summed E-state index contributed by atoms with van der Waals surface area (Å²) in [6.45, 7) is 6.93. The molecule has 2 heterocycles. The Morgan fingerprint density at radius 1 is 0.547 bits per heavy atom. The van der Waals surface area contributed by atoms with Gasteiger partial charge >= 0.3 is 23.9 Å². The summed E-state index contributed by atoms with van der Waals surface area (Å²) in [5.74, 6) is 0.409. The molecule has 0 bridgehead atoms. The molecule has 0 N–H and O–H groups in total. The van der Waals surface area contributed by atoms with Crippen molar-refractivity contribution in [1.29, 1.82) is 0 Å². The number of fused-ring (bicyclic) bond motifs is 3. The van der Waals surface area contributed by atoms with Gasteiger partial charge in [-0.1, -0.05) is 117 Å². The van der Waals surface area contributed by atoms with E-state index in [4.69, 9.17) is 42.6 Å². The highest BCUT2D eigenvalue weighted by atomic mass is 16.7. The predicted molar refractivity (Wildman–Crippen MR) is 328 cm³/mol. The van der Waals surface area contributed by atoms with Gasteiger partial charge < -0.3 is 42.6 Å². The molecule has 434 valence electrons. The summed E-state index contributed by atoms with van der Waals surface area (Å²) >= 11 is 0. The summed E-state index contributed by atoms with van der Waals surface area (Å²) in [5, 5.41) is 3.20. The van der Waals surface area contributed by atoms with Crippen LogP contribution in [0.1, 0.15) is 89.0 Å². The normalized spacial score (nSPS) is 17.0. The number of rotatable bonds is 22. The molecule has 2 saturated heterocycles. The average Bonchev–Trinajstić information content (AvgIpc) is 1.84. The van der Waals surface area contributed by atoms with Crippen molar-refractivity contribution in [2.45, 2.75) is 70.9 Å². The van der Waals surface area contributed by atoms with Crippen molar-refractivity contribution in [3.8, 4) is 56.8 Å². The summed E-state index contributed by atoms with van der Waals surface area (Å²) in [6, 6.07) is 57.2. The van der Waals surface area contributed by atoms with E-state index in [2.05, 4.69) is 13.8 Å². The molecule has 0 spiro atoms. The van der Waals surface area contributed by atoms with E-state index in [1.165, 1.54) is 42.5 Å². The van der Waals surface area contributed by atoms with Crippen LogP contribution in [0.2, 0.25) is 0 Å². The first-order chi connectivity index (χ1) is 42.1. The summed E-state index contributed by atoms with van der Waals surface area (Å²) in [6.07, 6.45) is 9.59. The van der Waals surface area contributed by atoms with Crippen LogP contribution in [0.25, 0.3) is 49.9 Å². The van der Waals surface area contributed by atoms with Crippen LogP contribution in [0.3, 0.4) is 0 Å². The number of epoxide rings is 1. The van der Waals surface area contributed by atoms with Crippen molar-refractivity contribution < 1.29 is 61.8 Å². The molecule has 0 aromatic heterocycles. The van der Waals surface area contributed by atoms with Crippen LogP contribution in [-0.2, 0) is 19.0 Å². The van der Waals surface area contributed by atoms with Crippen molar-refractivity contribution in [3.63, 3.8) is 0 Å². The summed E-state index contributed by atoms with van der Waals surface area (Å²) in [7, 11) is 0. The number of benzene rings is 9. The van der Waals surface area contributed by atoms with Crippen LogP contribution < -0.4 is 28.4 Å². The Balaban J connectivity index is 0.687.